The van der Waals surface area contributed by atoms with Gasteiger partial charge in [-0.05, 0) is 55.9 Å². The van der Waals surface area contributed by atoms with Gasteiger partial charge in [0, 0.05) is 18.5 Å². The summed E-state index contributed by atoms with van der Waals surface area (Å²) in [5.41, 5.74) is 2.44. The molecule has 0 radical (unpaired) electrons. The highest BCUT2D eigenvalue weighted by Crippen LogP contribution is 2.28. The first-order chi connectivity index (χ1) is 16.0. The van der Waals surface area contributed by atoms with E-state index in [1.807, 2.05) is 46.6 Å². The molecule has 170 valence electrons. The maximum Gasteiger partial charge on any atom is 0.291 e. The number of aromatic nitrogens is 3. The molecule has 0 N–H and O–H groups in total. The van der Waals surface area contributed by atoms with Crippen LogP contribution in [0.25, 0.3) is 16.4 Å². The average Bonchev–Trinajstić information content (AvgIpc) is 3.24. The molecule has 0 unspecified atom stereocenters. The highest BCUT2D eigenvalue weighted by atomic mass is 16.5. The number of carbonyl (C=O) groups is 1. The van der Waals surface area contributed by atoms with Crippen LogP contribution in [0.15, 0.2) is 59.4 Å². The van der Waals surface area contributed by atoms with Crippen molar-refractivity contribution in [1.29, 1.82) is 0 Å². The molecule has 1 amide bonds. The van der Waals surface area contributed by atoms with E-state index >= 15 is 0 Å². The summed E-state index contributed by atoms with van der Waals surface area (Å²) in [6, 6.07) is 18.0. The predicted molar refractivity (Wildman–Crippen MR) is 128 cm³/mol. The van der Waals surface area contributed by atoms with Crippen molar-refractivity contribution < 1.29 is 9.53 Å². The number of carbonyl (C=O) groups excluding carboxylic acids is 1. The Morgan fingerprint density at radius 2 is 1.82 bits per heavy atom. The smallest absolute Gasteiger partial charge is 0.291 e. The number of piperidine rings is 1. The highest BCUT2D eigenvalue weighted by molar-refractivity contribution is 5.92. The van der Waals surface area contributed by atoms with Crippen molar-refractivity contribution in [1.82, 2.24) is 19.1 Å². The number of ether oxygens (including phenoxy) is 1. The van der Waals surface area contributed by atoms with E-state index in [0.29, 0.717) is 23.0 Å². The number of benzene rings is 2. The first-order valence-corrected chi connectivity index (χ1v) is 11.4. The second-order valence-corrected chi connectivity index (χ2v) is 8.78. The summed E-state index contributed by atoms with van der Waals surface area (Å²) in [5.74, 6) is 1.89. The molecule has 4 aromatic rings. The summed E-state index contributed by atoms with van der Waals surface area (Å²) in [6.07, 6.45) is 3.00. The summed E-state index contributed by atoms with van der Waals surface area (Å²) in [4.78, 5) is 28.1. The van der Waals surface area contributed by atoms with E-state index in [-0.39, 0.29) is 18.0 Å². The molecule has 7 nitrogen and oxygen atoms in total. The maximum atomic E-state index is 13.2. The van der Waals surface area contributed by atoms with Crippen LogP contribution < -0.4 is 10.3 Å². The molecule has 33 heavy (non-hydrogen) atoms. The second-order valence-electron chi connectivity index (χ2n) is 8.78. The van der Waals surface area contributed by atoms with Gasteiger partial charge in [0.25, 0.3) is 5.56 Å². The zero-order valence-corrected chi connectivity index (χ0v) is 19.0. The normalized spacial score (nSPS) is 14.8. The molecule has 1 saturated heterocycles. The Balaban J connectivity index is 1.33. The van der Waals surface area contributed by atoms with Gasteiger partial charge >= 0.3 is 0 Å². The number of hydrogen-bond acceptors (Lipinski definition) is 4. The van der Waals surface area contributed by atoms with Crippen LogP contribution in [-0.4, -0.2) is 45.2 Å². The van der Waals surface area contributed by atoms with Crippen LogP contribution in [0.2, 0.25) is 0 Å². The third kappa shape index (κ3) is 3.99. The molecule has 3 heterocycles. The van der Waals surface area contributed by atoms with Gasteiger partial charge in [-0.2, -0.15) is 5.10 Å². The van der Waals surface area contributed by atoms with Crippen molar-refractivity contribution >= 4 is 22.3 Å². The topological polar surface area (TPSA) is 68.8 Å². The minimum Gasteiger partial charge on any atom is -0.496 e. The molecule has 2 aromatic carbocycles. The molecule has 2 aromatic heterocycles. The largest absolute Gasteiger partial charge is 0.496 e. The van der Waals surface area contributed by atoms with Gasteiger partial charge in [-0.3, -0.25) is 14.0 Å². The van der Waals surface area contributed by atoms with Crippen LogP contribution in [0.1, 0.15) is 24.2 Å². The van der Waals surface area contributed by atoms with Crippen molar-refractivity contribution in [2.75, 3.05) is 20.2 Å². The Bertz CT molecular complexity index is 1370. The molecular weight excluding hydrogens is 416 g/mol. The van der Waals surface area contributed by atoms with Gasteiger partial charge < -0.3 is 9.64 Å². The zero-order valence-electron chi connectivity index (χ0n) is 19.0. The van der Waals surface area contributed by atoms with Crippen molar-refractivity contribution in [3.05, 3.63) is 76.3 Å². The van der Waals surface area contributed by atoms with E-state index in [2.05, 4.69) is 29.4 Å². The van der Waals surface area contributed by atoms with E-state index in [1.54, 1.807) is 7.11 Å². The van der Waals surface area contributed by atoms with Gasteiger partial charge in [0.15, 0.2) is 0 Å². The lowest BCUT2D eigenvalue weighted by Crippen LogP contribution is -2.42. The molecule has 1 aliphatic heterocycles. The number of likely N-dealkylation sites (tertiary alicyclic amines) is 1. The summed E-state index contributed by atoms with van der Waals surface area (Å²) in [6.45, 7) is 3.25. The van der Waals surface area contributed by atoms with E-state index in [1.165, 1.54) is 10.2 Å². The first kappa shape index (κ1) is 21.2. The minimum absolute atomic E-state index is 0.0435. The van der Waals surface area contributed by atoms with Crippen LogP contribution in [0.5, 0.6) is 5.75 Å². The number of rotatable bonds is 5. The van der Waals surface area contributed by atoms with Gasteiger partial charge in [0.1, 0.15) is 23.6 Å². The van der Waals surface area contributed by atoms with Crippen LogP contribution in [-0.2, 0) is 17.8 Å². The summed E-state index contributed by atoms with van der Waals surface area (Å²) in [7, 11) is 1.61. The van der Waals surface area contributed by atoms with Gasteiger partial charge in [-0.15, -0.1) is 0 Å². The Labute approximate surface area is 192 Å². The first-order valence-electron chi connectivity index (χ1n) is 11.4. The number of amides is 1. The fourth-order valence-electron chi connectivity index (χ4n) is 4.95. The van der Waals surface area contributed by atoms with Gasteiger partial charge in [0.05, 0.1) is 12.6 Å². The number of fused-ring (bicyclic) bond motifs is 3. The van der Waals surface area contributed by atoms with Gasteiger partial charge in [0.2, 0.25) is 5.91 Å². The fraction of sp³-hybridized carbons (Fsp3) is 0.346. The Kier molecular flexibility index (Phi) is 5.62. The Morgan fingerprint density at radius 1 is 1.06 bits per heavy atom. The lowest BCUT2D eigenvalue weighted by atomic mass is 9.90. The highest BCUT2D eigenvalue weighted by Gasteiger charge is 2.24. The molecule has 0 bridgehead atoms. The number of methoxy groups -OCH3 is 1. The fourth-order valence-corrected chi connectivity index (χ4v) is 4.95. The third-order valence-corrected chi connectivity index (χ3v) is 6.69. The molecule has 0 aliphatic carbocycles. The minimum atomic E-state index is -0.272. The molecule has 0 atom stereocenters. The van der Waals surface area contributed by atoms with Gasteiger partial charge in [-0.25, -0.2) is 4.68 Å². The van der Waals surface area contributed by atoms with Crippen molar-refractivity contribution in [2.24, 2.45) is 5.92 Å². The SMILES string of the molecule is COc1cccc2c1cc1c(=O)n(CC(=O)N3CCC(Cc4ccccc4)CC3)nc(C)n12. The van der Waals surface area contributed by atoms with E-state index in [9.17, 15) is 9.59 Å². The quantitative estimate of drug-likeness (QED) is 0.473. The molecule has 0 spiro atoms. The third-order valence-electron chi connectivity index (χ3n) is 6.69. The Hall–Kier alpha value is -3.61. The lowest BCUT2D eigenvalue weighted by Gasteiger charge is -2.32. The van der Waals surface area contributed by atoms with Crippen LogP contribution >= 0.6 is 0 Å². The standard InChI is InChI=1S/C26H28N4O3/c1-18-27-29(26(32)23-16-21-22(30(18)23)9-6-10-24(21)33-2)17-25(31)28-13-11-20(12-14-28)15-19-7-4-3-5-8-19/h3-10,16,20H,11-15,17H2,1-2H3. The summed E-state index contributed by atoms with van der Waals surface area (Å²) >= 11 is 0. The van der Waals surface area contributed by atoms with Crippen LogP contribution in [0, 0.1) is 12.8 Å². The Morgan fingerprint density at radius 3 is 2.55 bits per heavy atom. The monoisotopic (exact) mass is 444 g/mol. The van der Waals surface area contributed by atoms with Crippen molar-refractivity contribution in [2.45, 2.75) is 32.7 Å². The maximum absolute atomic E-state index is 13.2. The van der Waals surface area contributed by atoms with Gasteiger partial charge in [-0.1, -0.05) is 36.4 Å². The molecular formula is C26H28N4O3. The van der Waals surface area contributed by atoms with Crippen molar-refractivity contribution in [3.8, 4) is 5.75 Å². The predicted octanol–water partition coefficient (Wildman–Crippen LogP) is 3.45. The second kappa shape index (κ2) is 8.73. The lowest BCUT2D eigenvalue weighted by molar-refractivity contribution is -0.133. The number of aryl methyl sites for hydroxylation is 1. The van der Waals surface area contributed by atoms with E-state index < -0.39 is 0 Å². The number of hydrogen-bond donors (Lipinski definition) is 0. The zero-order chi connectivity index (χ0) is 22.9. The molecule has 0 saturated carbocycles. The summed E-state index contributed by atoms with van der Waals surface area (Å²) in [5, 5.41) is 5.32. The molecule has 1 fully saturated rings. The van der Waals surface area contributed by atoms with E-state index in [0.717, 1.165) is 43.3 Å². The average molecular weight is 445 g/mol. The summed E-state index contributed by atoms with van der Waals surface area (Å²) < 4.78 is 8.58. The molecule has 5 rings (SSSR count). The van der Waals surface area contributed by atoms with Crippen molar-refractivity contribution in [3.63, 3.8) is 0 Å². The molecule has 7 heteroatoms. The van der Waals surface area contributed by atoms with E-state index in [4.69, 9.17) is 4.74 Å². The van der Waals surface area contributed by atoms with Crippen LogP contribution in [0.4, 0.5) is 0 Å². The van der Waals surface area contributed by atoms with Crippen LogP contribution in [0.3, 0.4) is 0 Å². The molecule has 1 aliphatic rings. The number of nitrogens with zero attached hydrogens (tertiary/aromatic N) is 4.